The normalized spacial score (nSPS) is 29.1. The first-order chi connectivity index (χ1) is 8.34. The van der Waals surface area contributed by atoms with E-state index in [1.165, 1.54) is 58.2 Å². The number of rotatable bonds is 4. The summed E-state index contributed by atoms with van der Waals surface area (Å²) in [5.41, 5.74) is 0. The van der Waals surface area contributed by atoms with E-state index in [2.05, 4.69) is 17.1 Å². The summed E-state index contributed by atoms with van der Waals surface area (Å²) in [4.78, 5) is 2.58. The molecule has 2 rings (SSSR count). The quantitative estimate of drug-likeness (QED) is 0.813. The van der Waals surface area contributed by atoms with Crippen molar-refractivity contribution in [3.8, 4) is 0 Å². The minimum atomic E-state index is 0.574. The second kappa shape index (κ2) is 7.34. The molecular formula is C14H28N2O. The Morgan fingerprint density at radius 1 is 1.12 bits per heavy atom. The molecule has 2 aliphatic rings. The molecule has 2 fully saturated rings. The van der Waals surface area contributed by atoms with Gasteiger partial charge in [-0.2, -0.15) is 0 Å². The Morgan fingerprint density at radius 3 is 2.76 bits per heavy atom. The summed E-state index contributed by atoms with van der Waals surface area (Å²) in [6.45, 7) is 7.98. The summed E-state index contributed by atoms with van der Waals surface area (Å²) in [6.07, 6.45) is 8.44. The molecule has 1 aliphatic carbocycles. The molecule has 1 atom stereocenters. The molecule has 3 nitrogen and oxygen atoms in total. The lowest BCUT2D eigenvalue weighted by Gasteiger charge is -2.28. The molecule has 1 aliphatic heterocycles. The number of nitrogens with zero attached hydrogens (tertiary/aromatic N) is 1. The molecule has 1 N–H and O–H groups in total. The van der Waals surface area contributed by atoms with Gasteiger partial charge in [-0.3, -0.25) is 0 Å². The zero-order valence-electron chi connectivity index (χ0n) is 11.3. The molecule has 0 amide bonds. The molecule has 0 bridgehead atoms. The van der Waals surface area contributed by atoms with Crippen LogP contribution in [0.25, 0.3) is 0 Å². The van der Waals surface area contributed by atoms with Crippen molar-refractivity contribution in [3.63, 3.8) is 0 Å². The van der Waals surface area contributed by atoms with Gasteiger partial charge < -0.3 is 15.0 Å². The van der Waals surface area contributed by atoms with Gasteiger partial charge in [-0.25, -0.2) is 0 Å². The van der Waals surface area contributed by atoms with E-state index in [4.69, 9.17) is 4.74 Å². The van der Waals surface area contributed by atoms with Gasteiger partial charge in [-0.1, -0.05) is 12.8 Å². The van der Waals surface area contributed by atoms with Crippen molar-refractivity contribution < 1.29 is 4.74 Å². The fraction of sp³-hybridized carbons (Fsp3) is 1.00. The number of nitrogens with one attached hydrogen (secondary N) is 1. The number of hydrogen-bond donors (Lipinski definition) is 1. The molecule has 0 aromatic heterocycles. The molecule has 0 radical (unpaired) electrons. The first-order valence-electron chi connectivity index (χ1n) is 7.42. The van der Waals surface area contributed by atoms with Crippen molar-refractivity contribution in [2.45, 2.75) is 57.6 Å². The molecule has 1 saturated heterocycles. The summed E-state index contributed by atoms with van der Waals surface area (Å²) in [7, 11) is 0. The monoisotopic (exact) mass is 240 g/mol. The fourth-order valence-corrected chi connectivity index (χ4v) is 2.87. The molecular weight excluding hydrogens is 212 g/mol. The summed E-state index contributed by atoms with van der Waals surface area (Å²) >= 11 is 0. The van der Waals surface area contributed by atoms with Crippen LogP contribution in [0.4, 0.5) is 0 Å². The van der Waals surface area contributed by atoms with E-state index < -0.39 is 0 Å². The van der Waals surface area contributed by atoms with Gasteiger partial charge in [-0.15, -0.1) is 0 Å². The van der Waals surface area contributed by atoms with Crippen LogP contribution in [0, 0.1) is 0 Å². The van der Waals surface area contributed by atoms with Crippen molar-refractivity contribution in [3.05, 3.63) is 0 Å². The van der Waals surface area contributed by atoms with Crippen LogP contribution in [-0.4, -0.2) is 49.8 Å². The maximum absolute atomic E-state index is 5.95. The van der Waals surface area contributed by atoms with Gasteiger partial charge in [-0.05, 0) is 52.2 Å². The van der Waals surface area contributed by atoms with Gasteiger partial charge in [0.05, 0.1) is 12.7 Å². The third kappa shape index (κ3) is 4.94. The highest BCUT2D eigenvalue weighted by Gasteiger charge is 2.16. The topological polar surface area (TPSA) is 24.5 Å². The van der Waals surface area contributed by atoms with Crippen LogP contribution >= 0.6 is 0 Å². The average molecular weight is 240 g/mol. The van der Waals surface area contributed by atoms with Gasteiger partial charge in [0.2, 0.25) is 0 Å². The van der Waals surface area contributed by atoms with Crippen LogP contribution in [0.15, 0.2) is 0 Å². The highest BCUT2D eigenvalue weighted by Crippen LogP contribution is 2.20. The Morgan fingerprint density at radius 2 is 1.94 bits per heavy atom. The third-order valence-electron chi connectivity index (χ3n) is 4.09. The highest BCUT2D eigenvalue weighted by molar-refractivity contribution is 4.71. The summed E-state index contributed by atoms with van der Waals surface area (Å²) in [5.74, 6) is 0. The summed E-state index contributed by atoms with van der Waals surface area (Å²) in [5, 5.41) is 3.55. The molecule has 1 saturated carbocycles. The van der Waals surface area contributed by atoms with Crippen LogP contribution < -0.4 is 5.32 Å². The second-order valence-electron chi connectivity index (χ2n) is 5.62. The first-order valence-corrected chi connectivity index (χ1v) is 7.42. The van der Waals surface area contributed by atoms with Crippen molar-refractivity contribution in [1.29, 1.82) is 0 Å². The summed E-state index contributed by atoms with van der Waals surface area (Å²) in [6, 6.07) is 0.675. The van der Waals surface area contributed by atoms with E-state index in [1.54, 1.807) is 0 Å². The van der Waals surface area contributed by atoms with Gasteiger partial charge >= 0.3 is 0 Å². The van der Waals surface area contributed by atoms with Crippen LogP contribution in [0.5, 0.6) is 0 Å². The van der Waals surface area contributed by atoms with Crippen LogP contribution in [0.3, 0.4) is 0 Å². The maximum atomic E-state index is 5.95. The maximum Gasteiger partial charge on any atom is 0.0597 e. The lowest BCUT2D eigenvalue weighted by molar-refractivity contribution is 0.0402. The Kier molecular flexibility index (Phi) is 5.75. The van der Waals surface area contributed by atoms with Crippen molar-refractivity contribution >= 4 is 0 Å². The van der Waals surface area contributed by atoms with E-state index in [9.17, 15) is 0 Å². The third-order valence-corrected chi connectivity index (χ3v) is 4.09. The SMILES string of the molecule is CC1CCN(CCOC2CCCC2)CCCN1. The van der Waals surface area contributed by atoms with E-state index in [1.807, 2.05) is 0 Å². The lowest BCUT2D eigenvalue weighted by Crippen LogP contribution is -2.39. The second-order valence-corrected chi connectivity index (χ2v) is 5.62. The van der Waals surface area contributed by atoms with Crippen molar-refractivity contribution in [2.24, 2.45) is 0 Å². The minimum Gasteiger partial charge on any atom is -0.377 e. The van der Waals surface area contributed by atoms with E-state index >= 15 is 0 Å². The molecule has 0 spiro atoms. The Bertz CT molecular complexity index is 204. The van der Waals surface area contributed by atoms with E-state index in [0.29, 0.717) is 12.1 Å². The van der Waals surface area contributed by atoms with Crippen molar-refractivity contribution in [1.82, 2.24) is 10.2 Å². The molecule has 0 aromatic carbocycles. The highest BCUT2D eigenvalue weighted by atomic mass is 16.5. The predicted molar refractivity (Wildman–Crippen MR) is 71.3 cm³/mol. The average Bonchev–Trinajstić information content (AvgIpc) is 2.80. The van der Waals surface area contributed by atoms with Crippen LogP contribution in [0.1, 0.15) is 45.4 Å². The Labute approximate surface area is 106 Å². The zero-order chi connectivity index (χ0) is 11.9. The summed E-state index contributed by atoms with van der Waals surface area (Å²) < 4.78 is 5.95. The number of hydrogen-bond acceptors (Lipinski definition) is 3. The molecule has 1 unspecified atom stereocenters. The standard InChI is InChI=1S/C14H28N2O/c1-13-7-10-16(9-4-8-15-13)11-12-17-14-5-2-3-6-14/h13-15H,2-12H2,1H3. The van der Waals surface area contributed by atoms with E-state index in [-0.39, 0.29) is 0 Å². The molecule has 100 valence electrons. The Balaban J connectivity index is 1.59. The lowest BCUT2D eigenvalue weighted by atomic mass is 10.2. The van der Waals surface area contributed by atoms with Gasteiger partial charge in [0.1, 0.15) is 0 Å². The van der Waals surface area contributed by atoms with E-state index in [0.717, 1.165) is 13.2 Å². The first kappa shape index (κ1) is 13.3. The van der Waals surface area contributed by atoms with Crippen molar-refractivity contribution in [2.75, 3.05) is 32.8 Å². The van der Waals surface area contributed by atoms with Gasteiger partial charge in [0.15, 0.2) is 0 Å². The Hall–Kier alpha value is -0.120. The molecule has 3 heteroatoms. The largest absolute Gasteiger partial charge is 0.377 e. The fourth-order valence-electron chi connectivity index (χ4n) is 2.87. The van der Waals surface area contributed by atoms with Gasteiger partial charge in [0, 0.05) is 12.6 Å². The minimum absolute atomic E-state index is 0.574. The zero-order valence-corrected chi connectivity index (χ0v) is 11.3. The molecule has 17 heavy (non-hydrogen) atoms. The van der Waals surface area contributed by atoms with Crippen LogP contribution in [0.2, 0.25) is 0 Å². The van der Waals surface area contributed by atoms with Gasteiger partial charge in [0.25, 0.3) is 0 Å². The number of ether oxygens (including phenoxy) is 1. The smallest absolute Gasteiger partial charge is 0.0597 e. The molecule has 1 heterocycles. The van der Waals surface area contributed by atoms with Crippen LogP contribution in [-0.2, 0) is 4.74 Å². The molecule has 0 aromatic rings. The predicted octanol–water partition coefficient (Wildman–Crippen LogP) is 2.02.